The van der Waals surface area contributed by atoms with Crippen LogP contribution in [0.25, 0.3) is 0 Å². The molecule has 184 valence electrons. The normalized spacial score (nSPS) is 17.3. The molecule has 34 heavy (non-hydrogen) atoms. The van der Waals surface area contributed by atoms with Crippen LogP contribution in [0.15, 0.2) is 47.4 Å². The van der Waals surface area contributed by atoms with Gasteiger partial charge in [0.1, 0.15) is 0 Å². The Bertz CT molecular complexity index is 1070. The number of sulfonamides is 1. The highest BCUT2D eigenvalue weighted by molar-refractivity contribution is 7.92. The molecule has 0 saturated carbocycles. The van der Waals surface area contributed by atoms with Crippen molar-refractivity contribution in [3.63, 3.8) is 0 Å². The third kappa shape index (κ3) is 5.91. The van der Waals surface area contributed by atoms with Gasteiger partial charge in [-0.05, 0) is 55.2 Å². The van der Waals surface area contributed by atoms with Crippen molar-refractivity contribution in [3.05, 3.63) is 53.6 Å². The number of likely N-dealkylation sites (tertiary alicyclic amines) is 1. The van der Waals surface area contributed by atoms with Gasteiger partial charge in [-0.2, -0.15) is 0 Å². The van der Waals surface area contributed by atoms with Crippen molar-refractivity contribution in [3.8, 4) is 0 Å². The monoisotopic (exact) mass is 484 g/mol. The lowest BCUT2D eigenvalue weighted by Crippen LogP contribution is -2.44. The first-order valence-corrected chi connectivity index (χ1v) is 14.0. The van der Waals surface area contributed by atoms with E-state index in [9.17, 15) is 13.2 Å². The average molecular weight is 485 g/mol. The van der Waals surface area contributed by atoms with E-state index in [1.54, 1.807) is 24.3 Å². The van der Waals surface area contributed by atoms with Gasteiger partial charge in [-0.1, -0.05) is 38.3 Å². The Hall–Kier alpha value is -2.58. The molecule has 0 radical (unpaired) electrons. The van der Waals surface area contributed by atoms with Gasteiger partial charge in [-0.3, -0.25) is 9.52 Å². The summed E-state index contributed by atoms with van der Waals surface area (Å²) in [5.41, 5.74) is 2.98. The Morgan fingerprint density at radius 3 is 2.26 bits per heavy atom. The minimum Gasteiger partial charge on any atom is -0.368 e. The number of piperazine rings is 1. The van der Waals surface area contributed by atoms with Crippen molar-refractivity contribution in [2.24, 2.45) is 0 Å². The van der Waals surface area contributed by atoms with E-state index in [2.05, 4.69) is 21.9 Å². The number of anilines is 2. The van der Waals surface area contributed by atoms with Crippen LogP contribution >= 0.6 is 0 Å². The fourth-order valence-electron chi connectivity index (χ4n) is 4.73. The maximum atomic E-state index is 13.6. The van der Waals surface area contributed by atoms with Crippen LogP contribution in [-0.4, -0.2) is 58.5 Å². The molecule has 2 aromatic rings. The fraction of sp³-hybridized carbons (Fsp3) is 0.500. The molecule has 0 bridgehead atoms. The Morgan fingerprint density at radius 1 is 0.941 bits per heavy atom. The van der Waals surface area contributed by atoms with Gasteiger partial charge in [-0.25, -0.2) is 8.42 Å². The highest BCUT2D eigenvalue weighted by Crippen LogP contribution is 2.28. The second-order valence-corrected chi connectivity index (χ2v) is 10.9. The van der Waals surface area contributed by atoms with Gasteiger partial charge in [-0.15, -0.1) is 0 Å². The number of nitrogens with zero attached hydrogens (tertiary/aromatic N) is 2. The van der Waals surface area contributed by atoms with Gasteiger partial charge in [0.2, 0.25) is 0 Å². The molecule has 0 atom stereocenters. The second kappa shape index (κ2) is 11.2. The summed E-state index contributed by atoms with van der Waals surface area (Å²) in [6.07, 6.45) is 6.24. The maximum Gasteiger partial charge on any atom is 0.261 e. The van der Waals surface area contributed by atoms with Crippen LogP contribution in [0.4, 0.5) is 11.4 Å². The number of amides is 1. The number of carbonyl (C=O) groups excluding carboxylic acids is 1. The summed E-state index contributed by atoms with van der Waals surface area (Å²) in [5, 5.41) is 3.35. The molecule has 4 rings (SSSR count). The molecule has 0 spiro atoms. The van der Waals surface area contributed by atoms with Crippen LogP contribution in [0.2, 0.25) is 0 Å². The molecular formula is C26H36N4O3S. The number of carbonyl (C=O) groups is 1. The molecule has 2 N–H and O–H groups in total. The van der Waals surface area contributed by atoms with E-state index < -0.39 is 10.0 Å². The predicted molar refractivity (Wildman–Crippen MR) is 137 cm³/mol. The van der Waals surface area contributed by atoms with Gasteiger partial charge < -0.3 is 15.1 Å². The number of hydrogen-bond donors (Lipinski definition) is 2. The summed E-state index contributed by atoms with van der Waals surface area (Å²) in [6, 6.07) is 12.4. The zero-order chi connectivity index (χ0) is 24.0. The molecule has 0 unspecified atom stereocenters. The van der Waals surface area contributed by atoms with E-state index >= 15 is 0 Å². The van der Waals surface area contributed by atoms with Gasteiger partial charge in [0.05, 0.1) is 10.5 Å². The van der Waals surface area contributed by atoms with Crippen LogP contribution < -0.4 is 14.9 Å². The first-order chi connectivity index (χ1) is 16.5. The van der Waals surface area contributed by atoms with Gasteiger partial charge in [0.25, 0.3) is 15.9 Å². The topological polar surface area (TPSA) is 81.8 Å². The summed E-state index contributed by atoms with van der Waals surface area (Å²) in [6.45, 7) is 6.95. The van der Waals surface area contributed by atoms with Crippen molar-refractivity contribution in [2.75, 3.05) is 48.9 Å². The number of rotatable bonds is 7. The van der Waals surface area contributed by atoms with E-state index in [0.717, 1.165) is 89.0 Å². The molecule has 0 aromatic heterocycles. The highest BCUT2D eigenvalue weighted by atomic mass is 32.2. The van der Waals surface area contributed by atoms with Gasteiger partial charge in [0.15, 0.2) is 0 Å². The average Bonchev–Trinajstić information content (AvgIpc) is 3.14. The fourth-order valence-corrected chi connectivity index (χ4v) is 5.78. The van der Waals surface area contributed by atoms with Crippen LogP contribution in [0, 0.1) is 0 Å². The zero-order valence-electron chi connectivity index (χ0n) is 20.1. The van der Waals surface area contributed by atoms with Crippen molar-refractivity contribution >= 4 is 27.3 Å². The predicted octanol–water partition coefficient (Wildman–Crippen LogP) is 3.87. The third-order valence-corrected chi connectivity index (χ3v) is 8.00. The van der Waals surface area contributed by atoms with Crippen molar-refractivity contribution in [1.29, 1.82) is 0 Å². The molecule has 2 fully saturated rings. The zero-order valence-corrected chi connectivity index (χ0v) is 20.9. The van der Waals surface area contributed by atoms with E-state index in [1.165, 1.54) is 0 Å². The Morgan fingerprint density at radius 2 is 1.62 bits per heavy atom. The minimum atomic E-state index is -3.75. The molecule has 1 amide bonds. The van der Waals surface area contributed by atoms with Crippen LogP contribution in [0.1, 0.15) is 54.9 Å². The molecule has 2 aliphatic rings. The molecule has 2 heterocycles. The quantitative estimate of drug-likeness (QED) is 0.624. The van der Waals surface area contributed by atoms with Crippen molar-refractivity contribution < 1.29 is 13.2 Å². The lowest BCUT2D eigenvalue weighted by molar-refractivity contribution is 0.0762. The largest absolute Gasteiger partial charge is 0.368 e. The van der Waals surface area contributed by atoms with Crippen LogP contribution in [0.3, 0.4) is 0 Å². The van der Waals surface area contributed by atoms with E-state index in [1.807, 2.05) is 23.1 Å². The SMILES string of the molecule is CCCc1ccc(S(=O)(=O)Nc2ccc(N3CCNCC3)c(C(=O)N3CCCCCC3)c2)cc1. The van der Waals surface area contributed by atoms with Gasteiger partial charge >= 0.3 is 0 Å². The lowest BCUT2D eigenvalue weighted by Gasteiger charge is -2.32. The maximum absolute atomic E-state index is 13.6. The Labute approximate surface area is 203 Å². The lowest BCUT2D eigenvalue weighted by atomic mass is 10.1. The highest BCUT2D eigenvalue weighted by Gasteiger charge is 2.25. The number of aryl methyl sites for hydroxylation is 1. The summed E-state index contributed by atoms with van der Waals surface area (Å²) in [5.74, 6) is -0.0135. The summed E-state index contributed by atoms with van der Waals surface area (Å²) >= 11 is 0. The Kier molecular flexibility index (Phi) is 8.11. The molecule has 2 aromatic carbocycles. The van der Waals surface area contributed by atoms with Crippen LogP contribution in [-0.2, 0) is 16.4 Å². The third-order valence-electron chi connectivity index (χ3n) is 6.60. The van der Waals surface area contributed by atoms with Crippen molar-refractivity contribution in [2.45, 2.75) is 50.3 Å². The van der Waals surface area contributed by atoms with E-state index in [4.69, 9.17) is 0 Å². The molecule has 2 saturated heterocycles. The van der Waals surface area contributed by atoms with E-state index in [-0.39, 0.29) is 10.8 Å². The molecule has 8 heteroatoms. The van der Waals surface area contributed by atoms with Crippen LogP contribution in [0.5, 0.6) is 0 Å². The second-order valence-electron chi connectivity index (χ2n) is 9.17. The summed E-state index contributed by atoms with van der Waals surface area (Å²) in [7, 11) is -3.75. The number of benzene rings is 2. The minimum absolute atomic E-state index is 0.0135. The Balaban J connectivity index is 1.62. The van der Waals surface area contributed by atoms with Crippen molar-refractivity contribution in [1.82, 2.24) is 10.2 Å². The first-order valence-electron chi connectivity index (χ1n) is 12.5. The number of hydrogen-bond acceptors (Lipinski definition) is 5. The molecular weight excluding hydrogens is 448 g/mol. The summed E-state index contributed by atoms with van der Waals surface area (Å²) in [4.78, 5) is 18.0. The van der Waals surface area contributed by atoms with E-state index in [0.29, 0.717) is 11.3 Å². The van der Waals surface area contributed by atoms with Gasteiger partial charge in [0, 0.05) is 50.6 Å². The number of nitrogens with one attached hydrogen (secondary N) is 2. The smallest absolute Gasteiger partial charge is 0.261 e. The molecule has 7 nitrogen and oxygen atoms in total. The summed E-state index contributed by atoms with van der Waals surface area (Å²) < 4.78 is 28.8. The molecule has 2 aliphatic heterocycles. The first kappa shape index (κ1) is 24.5. The standard InChI is InChI=1S/C26H36N4O3S/c1-2-7-21-8-11-23(12-9-21)34(32,33)28-22-10-13-25(29-18-14-27-15-19-29)24(20-22)26(31)30-16-5-3-4-6-17-30/h8-13,20,27-28H,2-7,14-19H2,1H3. The molecule has 0 aliphatic carbocycles.